The lowest BCUT2D eigenvalue weighted by Gasteiger charge is -2.30. The van der Waals surface area contributed by atoms with Crippen molar-refractivity contribution in [1.82, 2.24) is 4.90 Å². The van der Waals surface area contributed by atoms with Gasteiger partial charge in [0.25, 0.3) is 5.91 Å². The predicted octanol–water partition coefficient (Wildman–Crippen LogP) is 1.35. The summed E-state index contributed by atoms with van der Waals surface area (Å²) in [5, 5.41) is 9.37. The number of nitrogens with zero attached hydrogens (tertiary/aromatic N) is 1. The molecule has 0 radical (unpaired) electrons. The molecule has 0 aliphatic carbocycles. The maximum Gasteiger partial charge on any atom is 0.262 e. The van der Waals surface area contributed by atoms with Crippen LogP contribution in [0.4, 0.5) is 4.39 Å². The van der Waals surface area contributed by atoms with Crippen molar-refractivity contribution in [2.24, 2.45) is 0 Å². The van der Waals surface area contributed by atoms with Gasteiger partial charge in [-0.3, -0.25) is 4.79 Å². The molecule has 4 heteroatoms. The molecular formula is C10H20FNO2. The van der Waals surface area contributed by atoms with Crippen LogP contribution in [0.15, 0.2) is 0 Å². The van der Waals surface area contributed by atoms with E-state index in [4.69, 9.17) is 0 Å². The van der Waals surface area contributed by atoms with Crippen molar-refractivity contribution < 1.29 is 14.3 Å². The third-order valence-electron chi connectivity index (χ3n) is 2.48. The van der Waals surface area contributed by atoms with Crippen molar-refractivity contribution in [2.75, 3.05) is 13.1 Å². The van der Waals surface area contributed by atoms with Crippen LogP contribution in [0.1, 0.15) is 34.1 Å². The Hall–Kier alpha value is -0.640. The first kappa shape index (κ1) is 13.4. The molecule has 0 unspecified atom stereocenters. The second-order valence-electron chi connectivity index (χ2n) is 3.48. The van der Waals surface area contributed by atoms with Crippen LogP contribution in [-0.4, -0.2) is 40.8 Å². The highest BCUT2D eigenvalue weighted by molar-refractivity contribution is 5.85. The van der Waals surface area contributed by atoms with Crippen molar-refractivity contribution in [3.05, 3.63) is 0 Å². The standard InChI is InChI=1S/C10H20FNO2/c1-5-8(13)10(4,11)9(14)12(6-2)7-3/h8,13H,5-7H2,1-4H3/t8-,10+/m0/s1. The van der Waals surface area contributed by atoms with Crippen molar-refractivity contribution in [1.29, 1.82) is 0 Å². The normalized spacial score (nSPS) is 17.3. The zero-order valence-corrected chi connectivity index (χ0v) is 9.38. The largest absolute Gasteiger partial charge is 0.389 e. The number of hydrogen-bond acceptors (Lipinski definition) is 2. The quantitative estimate of drug-likeness (QED) is 0.736. The van der Waals surface area contributed by atoms with Crippen LogP contribution in [0, 0.1) is 0 Å². The van der Waals surface area contributed by atoms with E-state index in [2.05, 4.69) is 0 Å². The molecule has 1 amide bonds. The fourth-order valence-electron chi connectivity index (χ4n) is 1.35. The van der Waals surface area contributed by atoms with Crippen LogP contribution in [-0.2, 0) is 4.79 Å². The van der Waals surface area contributed by atoms with E-state index in [-0.39, 0.29) is 6.42 Å². The Morgan fingerprint density at radius 1 is 1.43 bits per heavy atom. The summed E-state index contributed by atoms with van der Waals surface area (Å²) in [6, 6.07) is 0. The first-order valence-corrected chi connectivity index (χ1v) is 5.08. The molecule has 0 aromatic rings. The number of amides is 1. The second kappa shape index (κ2) is 5.29. The van der Waals surface area contributed by atoms with Gasteiger partial charge in [-0.15, -0.1) is 0 Å². The number of rotatable bonds is 5. The second-order valence-corrected chi connectivity index (χ2v) is 3.48. The van der Waals surface area contributed by atoms with Crippen molar-refractivity contribution in [2.45, 2.75) is 45.9 Å². The summed E-state index contributed by atoms with van der Waals surface area (Å²) in [7, 11) is 0. The molecule has 0 aliphatic rings. The number of alkyl halides is 1. The Labute approximate surface area is 84.9 Å². The molecule has 0 saturated carbocycles. The van der Waals surface area contributed by atoms with Crippen molar-refractivity contribution in [3.63, 3.8) is 0 Å². The van der Waals surface area contributed by atoms with Gasteiger partial charge >= 0.3 is 0 Å². The molecule has 0 bridgehead atoms. The maximum atomic E-state index is 13.9. The van der Waals surface area contributed by atoms with E-state index < -0.39 is 17.7 Å². The molecule has 1 N–H and O–H groups in total. The van der Waals surface area contributed by atoms with Crippen LogP contribution in [0.5, 0.6) is 0 Å². The number of aliphatic hydroxyl groups is 1. The van der Waals surface area contributed by atoms with Crippen molar-refractivity contribution >= 4 is 5.91 Å². The minimum Gasteiger partial charge on any atom is -0.389 e. The summed E-state index contributed by atoms with van der Waals surface area (Å²) < 4.78 is 13.9. The monoisotopic (exact) mass is 205 g/mol. The Kier molecular flexibility index (Phi) is 5.05. The van der Waals surface area contributed by atoms with E-state index in [1.807, 2.05) is 0 Å². The Morgan fingerprint density at radius 3 is 2.14 bits per heavy atom. The van der Waals surface area contributed by atoms with E-state index in [1.54, 1.807) is 20.8 Å². The Bertz CT molecular complexity index is 191. The van der Waals surface area contributed by atoms with E-state index in [1.165, 1.54) is 4.90 Å². The molecule has 0 aromatic carbocycles. The molecule has 2 atom stereocenters. The number of carbonyl (C=O) groups is 1. The molecule has 0 fully saturated rings. The fourth-order valence-corrected chi connectivity index (χ4v) is 1.35. The van der Waals surface area contributed by atoms with Crippen LogP contribution in [0.3, 0.4) is 0 Å². The third-order valence-corrected chi connectivity index (χ3v) is 2.48. The zero-order chi connectivity index (χ0) is 11.4. The molecule has 0 aromatic heterocycles. The van der Waals surface area contributed by atoms with Gasteiger partial charge in [-0.05, 0) is 27.2 Å². The van der Waals surface area contributed by atoms with Gasteiger partial charge in [-0.1, -0.05) is 6.92 Å². The summed E-state index contributed by atoms with van der Waals surface area (Å²) in [6.07, 6.45) is -0.990. The summed E-state index contributed by atoms with van der Waals surface area (Å²) in [5.74, 6) is -0.628. The lowest BCUT2D eigenvalue weighted by Crippen LogP contribution is -2.50. The molecule has 0 aliphatic heterocycles. The first-order valence-electron chi connectivity index (χ1n) is 5.08. The molecule has 0 heterocycles. The minimum atomic E-state index is -2.17. The number of hydrogen-bond donors (Lipinski definition) is 1. The molecule has 84 valence electrons. The molecule has 14 heavy (non-hydrogen) atoms. The number of aliphatic hydroxyl groups excluding tert-OH is 1. The molecule has 0 saturated heterocycles. The van der Waals surface area contributed by atoms with Gasteiger partial charge in [0.1, 0.15) is 0 Å². The van der Waals surface area contributed by atoms with Gasteiger partial charge in [-0.25, -0.2) is 4.39 Å². The van der Waals surface area contributed by atoms with Gasteiger partial charge < -0.3 is 10.0 Å². The van der Waals surface area contributed by atoms with Gasteiger partial charge in [0.15, 0.2) is 0 Å². The SMILES string of the molecule is CC[C@H](O)[C@@](C)(F)C(=O)N(CC)CC. The van der Waals surface area contributed by atoms with E-state index in [0.717, 1.165) is 6.92 Å². The summed E-state index contributed by atoms with van der Waals surface area (Å²) in [6.45, 7) is 7.29. The van der Waals surface area contributed by atoms with Crippen molar-refractivity contribution in [3.8, 4) is 0 Å². The van der Waals surface area contributed by atoms with Gasteiger partial charge in [0.2, 0.25) is 5.67 Å². The lowest BCUT2D eigenvalue weighted by atomic mass is 9.97. The average Bonchev–Trinajstić information content (AvgIpc) is 2.18. The first-order chi connectivity index (χ1) is 6.41. The number of carbonyl (C=O) groups excluding carboxylic acids is 1. The lowest BCUT2D eigenvalue weighted by molar-refractivity contribution is -0.150. The topological polar surface area (TPSA) is 40.5 Å². The summed E-state index contributed by atoms with van der Waals surface area (Å²) in [5.41, 5.74) is -2.17. The molecular weight excluding hydrogens is 185 g/mol. The predicted molar refractivity (Wildman–Crippen MR) is 53.7 cm³/mol. The highest BCUT2D eigenvalue weighted by Crippen LogP contribution is 2.21. The van der Waals surface area contributed by atoms with Gasteiger partial charge in [0.05, 0.1) is 6.10 Å². The van der Waals surface area contributed by atoms with Crippen LogP contribution >= 0.6 is 0 Å². The zero-order valence-electron chi connectivity index (χ0n) is 9.38. The van der Waals surface area contributed by atoms with Crippen LogP contribution < -0.4 is 0 Å². The third kappa shape index (κ3) is 2.67. The Morgan fingerprint density at radius 2 is 1.86 bits per heavy atom. The molecule has 0 spiro atoms. The highest BCUT2D eigenvalue weighted by atomic mass is 19.1. The molecule has 3 nitrogen and oxygen atoms in total. The molecule has 0 rings (SSSR count). The van der Waals surface area contributed by atoms with Crippen LogP contribution in [0.2, 0.25) is 0 Å². The smallest absolute Gasteiger partial charge is 0.262 e. The minimum absolute atomic E-state index is 0.236. The van der Waals surface area contributed by atoms with E-state index in [0.29, 0.717) is 13.1 Å². The van der Waals surface area contributed by atoms with Crippen LogP contribution in [0.25, 0.3) is 0 Å². The van der Waals surface area contributed by atoms with Gasteiger partial charge in [0, 0.05) is 13.1 Å². The van der Waals surface area contributed by atoms with E-state index >= 15 is 0 Å². The average molecular weight is 205 g/mol. The number of halogens is 1. The summed E-state index contributed by atoms with van der Waals surface area (Å²) in [4.78, 5) is 13.0. The Balaban J connectivity index is 4.63. The highest BCUT2D eigenvalue weighted by Gasteiger charge is 2.41. The maximum absolute atomic E-state index is 13.9. The van der Waals surface area contributed by atoms with Gasteiger partial charge in [-0.2, -0.15) is 0 Å². The fraction of sp³-hybridized carbons (Fsp3) is 0.900. The summed E-state index contributed by atoms with van der Waals surface area (Å²) >= 11 is 0. The van der Waals surface area contributed by atoms with E-state index in [9.17, 15) is 14.3 Å².